The molecule has 1 aliphatic heterocycles. The number of likely N-dealkylation sites (tertiary alicyclic amines) is 1. The van der Waals surface area contributed by atoms with Crippen LogP contribution in [0.1, 0.15) is 40.6 Å². The van der Waals surface area contributed by atoms with Gasteiger partial charge in [0.15, 0.2) is 0 Å². The lowest BCUT2D eigenvalue weighted by atomic mass is 9.95. The van der Waals surface area contributed by atoms with E-state index >= 15 is 0 Å². The molecule has 2 atom stereocenters. The van der Waals surface area contributed by atoms with Gasteiger partial charge in [0.25, 0.3) is 5.91 Å². The van der Waals surface area contributed by atoms with Gasteiger partial charge in [0.05, 0.1) is 12.2 Å². The first kappa shape index (κ1) is 19.9. The monoisotopic (exact) mass is 406 g/mol. The number of furan rings is 1. The lowest BCUT2D eigenvalue weighted by Gasteiger charge is -2.33. The fourth-order valence-corrected chi connectivity index (χ4v) is 3.83. The van der Waals surface area contributed by atoms with Crippen molar-refractivity contribution < 1.29 is 18.4 Å². The largest absolute Gasteiger partial charge is 0.467 e. The number of carbonyl (C=O) groups excluding carboxylic acids is 2. The Kier molecular flexibility index (Phi) is 5.93. The fraction of sp³-hybridized carbons (Fsp3) is 0.250. The van der Waals surface area contributed by atoms with E-state index in [2.05, 4.69) is 5.32 Å². The van der Waals surface area contributed by atoms with E-state index in [1.165, 1.54) is 24.3 Å². The average Bonchev–Trinajstić information content (AvgIpc) is 3.32. The molecule has 1 N–H and O–H groups in total. The highest BCUT2D eigenvalue weighted by Gasteiger charge is 2.31. The van der Waals surface area contributed by atoms with Crippen LogP contribution < -0.4 is 5.32 Å². The lowest BCUT2D eigenvalue weighted by Crippen LogP contribution is -2.46. The summed E-state index contributed by atoms with van der Waals surface area (Å²) >= 11 is 0. The Hall–Kier alpha value is -3.41. The van der Waals surface area contributed by atoms with E-state index in [-0.39, 0.29) is 23.5 Å². The number of rotatable bonds is 5. The number of amides is 2. The molecule has 2 aromatic carbocycles. The number of hydrogen-bond donors (Lipinski definition) is 1. The van der Waals surface area contributed by atoms with Gasteiger partial charge in [-0.15, -0.1) is 0 Å². The second-order valence-electron chi connectivity index (χ2n) is 7.46. The molecule has 30 heavy (non-hydrogen) atoms. The minimum atomic E-state index is -0.392. The van der Waals surface area contributed by atoms with Crippen LogP contribution in [0, 0.1) is 11.7 Å². The number of hydrogen-bond acceptors (Lipinski definition) is 3. The van der Waals surface area contributed by atoms with Gasteiger partial charge in [-0.05, 0) is 54.8 Å². The topological polar surface area (TPSA) is 62.6 Å². The van der Waals surface area contributed by atoms with Crippen molar-refractivity contribution in [2.45, 2.75) is 18.9 Å². The van der Waals surface area contributed by atoms with Gasteiger partial charge in [-0.2, -0.15) is 0 Å². The Labute approximate surface area is 174 Å². The highest BCUT2D eigenvalue weighted by molar-refractivity contribution is 5.94. The molecule has 154 valence electrons. The Morgan fingerprint density at radius 2 is 1.80 bits per heavy atom. The van der Waals surface area contributed by atoms with Crippen LogP contribution in [0.4, 0.5) is 4.39 Å². The average molecular weight is 406 g/mol. The molecule has 1 aliphatic rings. The number of carbonyl (C=O) groups is 2. The maximum absolute atomic E-state index is 13.2. The standard InChI is InChI=1S/C24H23FN2O3/c25-20-12-10-18(11-13-20)24(29)27-14-4-8-19(16-27)23(28)26-22(21-9-5-15-30-21)17-6-2-1-3-7-17/h1-3,5-7,9-13,15,19,22H,4,8,14,16H2,(H,26,28). The van der Waals surface area contributed by atoms with Crippen molar-refractivity contribution in [3.8, 4) is 0 Å². The molecule has 1 saturated heterocycles. The quantitative estimate of drug-likeness (QED) is 0.692. The van der Waals surface area contributed by atoms with Gasteiger partial charge in [-0.1, -0.05) is 30.3 Å². The van der Waals surface area contributed by atoms with E-state index in [0.717, 1.165) is 12.0 Å². The Balaban J connectivity index is 1.47. The van der Waals surface area contributed by atoms with Crippen molar-refractivity contribution in [3.05, 3.63) is 95.7 Å². The van der Waals surface area contributed by atoms with Gasteiger partial charge in [-0.3, -0.25) is 9.59 Å². The van der Waals surface area contributed by atoms with E-state index < -0.39 is 6.04 Å². The second kappa shape index (κ2) is 8.95. The Morgan fingerprint density at radius 3 is 2.50 bits per heavy atom. The maximum atomic E-state index is 13.2. The third kappa shape index (κ3) is 4.43. The summed E-state index contributed by atoms with van der Waals surface area (Å²) in [6.45, 7) is 0.919. The summed E-state index contributed by atoms with van der Waals surface area (Å²) in [4.78, 5) is 27.5. The lowest BCUT2D eigenvalue weighted by molar-refractivity contribution is -0.127. The third-order valence-electron chi connectivity index (χ3n) is 5.42. The summed E-state index contributed by atoms with van der Waals surface area (Å²) in [7, 11) is 0. The molecular weight excluding hydrogens is 383 g/mol. The summed E-state index contributed by atoms with van der Waals surface area (Å²) < 4.78 is 18.7. The zero-order valence-corrected chi connectivity index (χ0v) is 16.5. The van der Waals surface area contributed by atoms with Crippen LogP contribution in [0.3, 0.4) is 0 Å². The summed E-state index contributed by atoms with van der Waals surface area (Å²) in [5, 5.41) is 3.09. The number of piperidine rings is 1. The number of nitrogens with one attached hydrogen (secondary N) is 1. The first-order chi connectivity index (χ1) is 14.6. The molecule has 2 amide bonds. The Morgan fingerprint density at radius 1 is 1.03 bits per heavy atom. The van der Waals surface area contributed by atoms with Crippen LogP contribution in [0.25, 0.3) is 0 Å². The molecule has 5 nitrogen and oxygen atoms in total. The summed E-state index contributed by atoms with van der Waals surface area (Å²) in [6.07, 6.45) is 3.03. The van der Waals surface area contributed by atoms with E-state index in [4.69, 9.17) is 4.42 Å². The van der Waals surface area contributed by atoms with Crippen molar-refractivity contribution in [1.29, 1.82) is 0 Å². The predicted molar refractivity (Wildman–Crippen MR) is 110 cm³/mol. The van der Waals surface area contributed by atoms with Crippen LogP contribution in [0.15, 0.2) is 77.4 Å². The predicted octanol–water partition coefficient (Wildman–Crippen LogP) is 4.18. The SMILES string of the molecule is O=C(NC(c1ccccc1)c1ccco1)C1CCCN(C(=O)c2ccc(F)cc2)C1. The van der Waals surface area contributed by atoms with Gasteiger partial charge >= 0.3 is 0 Å². The summed E-state index contributed by atoms with van der Waals surface area (Å²) in [5.74, 6) is -0.337. The van der Waals surface area contributed by atoms with Crippen LogP contribution in [0.2, 0.25) is 0 Å². The van der Waals surface area contributed by atoms with Crippen LogP contribution in [0.5, 0.6) is 0 Å². The van der Waals surface area contributed by atoms with Gasteiger partial charge in [0.1, 0.15) is 17.6 Å². The number of nitrogens with zero attached hydrogens (tertiary/aromatic N) is 1. The van der Waals surface area contributed by atoms with Gasteiger partial charge < -0.3 is 14.6 Å². The van der Waals surface area contributed by atoms with E-state index in [0.29, 0.717) is 30.8 Å². The molecule has 0 saturated carbocycles. The molecule has 1 fully saturated rings. The molecule has 4 rings (SSSR count). The molecule has 1 aromatic heterocycles. The Bertz CT molecular complexity index is 987. The molecule has 0 aliphatic carbocycles. The van der Waals surface area contributed by atoms with Gasteiger partial charge in [0.2, 0.25) is 5.91 Å². The van der Waals surface area contributed by atoms with Crippen LogP contribution in [-0.4, -0.2) is 29.8 Å². The van der Waals surface area contributed by atoms with Crippen molar-refractivity contribution in [3.63, 3.8) is 0 Å². The molecule has 0 radical (unpaired) electrons. The first-order valence-electron chi connectivity index (χ1n) is 10.1. The first-order valence-corrected chi connectivity index (χ1v) is 10.1. The minimum absolute atomic E-state index is 0.114. The smallest absolute Gasteiger partial charge is 0.253 e. The normalized spacial score (nSPS) is 17.4. The molecule has 2 heterocycles. The zero-order chi connectivity index (χ0) is 20.9. The zero-order valence-electron chi connectivity index (χ0n) is 16.5. The van der Waals surface area contributed by atoms with Gasteiger partial charge in [0, 0.05) is 18.7 Å². The maximum Gasteiger partial charge on any atom is 0.253 e. The molecule has 0 bridgehead atoms. The fourth-order valence-electron chi connectivity index (χ4n) is 3.83. The van der Waals surface area contributed by atoms with Crippen molar-refractivity contribution >= 4 is 11.8 Å². The molecule has 2 unspecified atom stereocenters. The van der Waals surface area contributed by atoms with E-state index in [1.54, 1.807) is 17.2 Å². The molecule has 6 heteroatoms. The number of halogens is 1. The van der Waals surface area contributed by atoms with Crippen molar-refractivity contribution in [1.82, 2.24) is 10.2 Å². The minimum Gasteiger partial charge on any atom is -0.467 e. The van der Waals surface area contributed by atoms with Gasteiger partial charge in [-0.25, -0.2) is 4.39 Å². The third-order valence-corrected chi connectivity index (χ3v) is 5.42. The van der Waals surface area contributed by atoms with Crippen LogP contribution >= 0.6 is 0 Å². The van der Waals surface area contributed by atoms with E-state index in [1.807, 2.05) is 36.4 Å². The summed E-state index contributed by atoms with van der Waals surface area (Å²) in [6, 6.07) is 18.4. The molecule has 3 aromatic rings. The number of benzene rings is 2. The highest BCUT2D eigenvalue weighted by atomic mass is 19.1. The van der Waals surface area contributed by atoms with Crippen molar-refractivity contribution in [2.75, 3.05) is 13.1 Å². The second-order valence-corrected chi connectivity index (χ2v) is 7.46. The van der Waals surface area contributed by atoms with Crippen molar-refractivity contribution in [2.24, 2.45) is 5.92 Å². The van der Waals surface area contributed by atoms with Crippen LogP contribution in [-0.2, 0) is 4.79 Å². The summed E-state index contributed by atoms with van der Waals surface area (Å²) in [5.41, 5.74) is 1.35. The molecular formula is C24H23FN2O3. The molecule has 0 spiro atoms. The highest BCUT2D eigenvalue weighted by Crippen LogP contribution is 2.25. The van der Waals surface area contributed by atoms with E-state index in [9.17, 15) is 14.0 Å².